The largest absolute Gasteiger partial charge is 0.455 e. The van der Waals surface area contributed by atoms with Crippen molar-refractivity contribution in [2.75, 3.05) is 0 Å². The molecule has 19 heavy (non-hydrogen) atoms. The minimum absolute atomic E-state index is 0.263. The second-order valence-corrected chi connectivity index (χ2v) is 5.71. The highest BCUT2D eigenvalue weighted by Gasteiger charge is 2.36. The van der Waals surface area contributed by atoms with E-state index in [2.05, 4.69) is 34.3 Å². The predicted molar refractivity (Wildman–Crippen MR) is 80.0 cm³/mol. The van der Waals surface area contributed by atoms with Gasteiger partial charge in [0.1, 0.15) is 5.60 Å². The van der Waals surface area contributed by atoms with Crippen molar-refractivity contribution in [1.82, 2.24) is 0 Å². The third-order valence-corrected chi connectivity index (χ3v) is 3.99. The van der Waals surface area contributed by atoms with Crippen LogP contribution in [0.4, 0.5) is 0 Å². The fraction of sp³-hybridized carbons (Fsp3) is 0.471. The highest BCUT2D eigenvalue weighted by molar-refractivity contribution is 5.90. The molecule has 0 unspecified atom stereocenters. The molecule has 0 bridgehead atoms. The van der Waals surface area contributed by atoms with Gasteiger partial charge in [0.25, 0.3) is 0 Å². The van der Waals surface area contributed by atoms with Crippen molar-refractivity contribution in [3.63, 3.8) is 0 Å². The van der Waals surface area contributed by atoms with Gasteiger partial charge in [0.15, 0.2) is 0 Å². The van der Waals surface area contributed by atoms with Gasteiger partial charge in [-0.05, 0) is 36.5 Å². The maximum Gasteiger partial charge on any atom is 0.338 e. The van der Waals surface area contributed by atoms with E-state index in [1.807, 2.05) is 19.1 Å². The quantitative estimate of drug-likeness (QED) is 0.726. The van der Waals surface area contributed by atoms with Crippen LogP contribution in [0, 0.1) is 11.8 Å². The molecule has 0 heterocycles. The fourth-order valence-corrected chi connectivity index (χ4v) is 1.92. The fourth-order valence-electron chi connectivity index (χ4n) is 1.92. The molecule has 0 atom stereocenters. The molecule has 0 aromatic heterocycles. The van der Waals surface area contributed by atoms with Crippen molar-refractivity contribution >= 4 is 12.0 Å². The van der Waals surface area contributed by atoms with Crippen LogP contribution in [-0.2, 0) is 4.74 Å². The van der Waals surface area contributed by atoms with Crippen molar-refractivity contribution in [2.24, 2.45) is 11.8 Å². The molecule has 2 nitrogen and oxygen atoms in total. The Morgan fingerprint density at radius 1 is 1.16 bits per heavy atom. The Kier molecular flexibility index (Phi) is 4.93. The van der Waals surface area contributed by atoms with Crippen molar-refractivity contribution < 1.29 is 9.53 Å². The number of hydrogen-bond acceptors (Lipinski definition) is 2. The van der Waals surface area contributed by atoms with E-state index in [0.717, 1.165) is 5.56 Å². The molecular formula is C17H24O2. The van der Waals surface area contributed by atoms with Crippen LogP contribution in [0.15, 0.2) is 30.8 Å². The zero-order chi connectivity index (χ0) is 14.6. The van der Waals surface area contributed by atoms with Crippen LogP contribution in [-0.4, -0.2) is 11.6 Å². The zero-order valence-electron chi connectivity index (χ0n) is 12.6. The Morgan fingerprint density at radius 2 is 1.63 bits per heavy atom. The van der Waals surface area contributed by atoms with Gasteiger partial charge in [0.05, 0.1) is 5.56 Å². The first-order valence-corrected chi connectivity index (χ1v) is 6.77. The van der Waals surface area contributed by atoms with Crippen LogP contribution in [0.5, 0.6) is 0 Å². The van der Waals surface area contributed by atoms with Gasteiger partial charge in [0.2, 0.25) is 0 Å². The maximum atomic E-state index is 12.2. The SMILES string of the molecule is C=Cc1ccc(C(=O)OC(C)(C(C)C)C(C)C)cc1. The number of benzene rings is 1. The molecule has 0 radical (unpaired) electrons. The van der Waals surface area contributed by atoms with E-state index in [9.17, 15) is 4.79 Å². The maximum absolute atomic E-state index is 12.2. The molecule has 0 aliphatic rings. The van der Waals surface area contributed by atoms with Gasteiger partial charge in [-0.2, -0.15) is 0 Å². The van der Waals surface area contributed by atoms with Crippen LogP contribution >= 0.6 is 0 Å². The number of carbonyl (C=O) groups excluding carboxylic acids is 1. The van der Waals surface area contributed by atoms with Crippen LogP contribution in [0.2, 0.25) is 0 Å². The van der Waals surface area contributed by atoms with E-state index in [1.165, 1.54) is 0 Å². The van der Waals surface area contributed by atoms with Gasteiger partial charge in [0, 0.05) is 0 Å². The smallest absolute Gasteiger partial charge is 0.338 e. The van der Waals surface area contributed by atoms with Gasteiger partial charge in [-0.15, -0.1) is 0 Å². The topological polar surface area (TPSA) is 26.3 Å². The minimum Gasteiger partial charge on any atom is -0.455 e. The highest BCUT2D eigenvalue weighted by Crippen LogP contribution is 2.30. The summed E-state index contributed by atoms with van der Waals surface area (Å²) in [5.74, 6) is 0.272. The summed E-state index contributed by atoms with van der Waals surface area (Å²) in [7, 11) is 0. The van der Waals surface area contributed by atoms with E-state index in [-0.39, 0.29) is 17.8 Å². The molecule has 0 spiro atoms. The van der Waals surface area contributed by atoms with Gasteiger partial charge in [-0.25, -0.2) is 4.79 Å². The van der Waals surface area contributed by atoms with Gasteiger partial charge in [-0.1, -0.05) is 52.5 Å². The Balaban J connectivity index is 2.91. The summed E-state index contributed by atoms with van der Waals surface area (Å²) in [5.41, 5.74) is 1.12. The zero-order valence-corrected chi connectivity index (χ0v) is 12.6. The molecule has 1 aromatic rings. The van der Waals surface area contributed by atoms with Crippen molar-refractivity contribution in [1.29, 1.82) is 0 Å². The lowest BCUT2D eigenvalue weighted by molar-refractivity contribution is -0.0594. The molecule has 2 heteroatoms. The average Bonchev–Trinajstić information content (AvgIpc) is 2.38. The Labute approximate surface area is 116 Å². The first kappa shape index (κ1) is 15.5. The van der Waals surface area contributed by atoms with Crippen LogP contribution in [0.3, 0.4) is 0 Å². The molecule has 0 aliphatic heterocycles. The van der Waals surface area contributed by atoms with Crippen LogP contribution in [0.25, 0.3) is 6.08 Å². The van der Waals surface area contributed by atoms with Gasteiger partial charge < -0.3 is 4.74 Å². The monoisotopic (exact) mass is 260 g/mol. The van der Waals surface area contributed by atoms with Crippen molar-refractivity contribution in [2.45, 2.75) is 40.2 Å². The van der Waals surface area contributed by atoms with Crippen LogP contribution in [0.1, 0.15) is 50.5 Å². The molecule has 0 N–H and O–H groups in total. The van der Waals surface area contributed by atoms with Crippen molar-refractivity contribution in [3.05, 3.63) is 42.0 Å². The van der Waals surface area contributed by atoms with E-state index >= 15 is 0 Å². The molecule has 0 amide bonds. The molecule has 1 rings (SSSR count). The van der Waals surface area contributed by atoms with E-state index in [4.69, 9.17) is 4.74 Å². The van der Waals surface area contributed by atoms with Crippen molar-refractivity contribution in [3.8, 4) is 0 Å². The summed E-state index contributed by atoms with van der Waals surface area (Å²) in [5, 5.41) is 0. The molecule has 0 fully saturated rings. The Bertz CT molecular complexity index is 433. The number of rotatable bonds is 5. The van der Waals surface area contributed by atoms with Gasteiger partial charge >= 0.3 is 5.97 Å². The average molecular weight is 260 g/mol. The summed E-state index contributed by atoms with van der Waals surface area (Å²) in [4.78, 5) is 12.2. The summed E-state index contributed by atoms with van der Waals surface area (Å²) in [6.07, 6.45) is 1.75. The number of carbonyl (C=O) groups is 1. The Morgan fingerprint density at radius 3 is 2.00 bits per heavy atom. The summed E-state index contributed by atoms with van der Waals surface area (Å²) < 4.78 is 5.76. The highest BCUT2D eigenvalue weighted by atomic mass is 16.6. The molecule has 0 saturated heterocycles. The van der Waals surface area contributed by atoms with E-state index in [1.54, 1.807) is 18.2 Å². The molecule has 1 aromatic carbocycles. The summed E-state index contributed by atoms with van der Waals surface area (Å²) in [6.45, 7) is 14.0. The lowest BCUT2D eigenvalue weighted by atomic mass is 9.82. The van der Waals surface area contributed by atoms with Crippen LogP contribution < -0.4 is 0 Å². The minimum atomic E-state index is -0.450. The van der Waals surface area contributed by atoms with E-state index < -0.39 is 5.60 Å². The summed E-state index contributed by atoms with van der Waals surface area (Å²) >= 11 is 0. The standard InChI is InChI=1S/C17H24O2/c1-7-14-8-10-15(11-9-14)16(18)19-17(6,12(2)3)13(4)5/h7-13H,1H2,2-6H3. The normalized spacial score (nSPS) is 11.7. The molecular weight excluding hydrogens is 236 g/mol. The molecule has 104 valence electrons. The third kappa shape index (κ3) is 3.46. The molecule has 0 aliphatic carbocycles. The second-order valence-electron chi connectivity index (χ2n) is 5.71. The number of ether oxygens (including phenoxy) is 1. The Hall–Kier alpha value is -1.57. The lowest BCUT2D eigenvalue weighted by Crippen LogP contribution is -2.42. The lowest BCUT2D eigenvalue weighted by Gasteiger charge is -2.37. The summed E-state index contributed by atoms with van der Waals surface area (Å²) in [6, 6.07) is 7.29. The van der Waals surface area contributed by atoms with E-state index in [0.29, 0.717) is 5.56 Å². The number of esters is 1. The first-order chi connectivity index (χ1) is 8.81. The first-order valence-electron chi connectivity index (χ1n) is 6.77. The second kappa shape index (κ2) is 6.05. The number of hydrogen-bond donors (Lipinski definition) is 0. The predicted octanol–water partition coefficient (Wildman–Crippen LogP) is 4.56. The van der Waals surface area contributed by atoms with Gasteiger partial charge in [-0.3, -0.25) is 0 Å². The third-order valence-electron chi connectivity index (χ3n) is 3.99. The molecule has 0 saturated carbocycles.